The minimum atomic E-state index is -0.407. The van der Waals surface area contributed by atoms with Gasteiger partial charge < -0.3 is 0 Å². The van der Waals surface area contributed by atoms with Crippen molar-refractivity contribution < 1.29 is 9.59 Å². The summed E-state index contributed by atoms with van der Waals surface area (Å²) in [6.45, 7) is 0.367. The van der Waals surface area contributed by atoms with Gasteiger partial charge in [0.1, 0.15) is 0 Å². The van der Waals surface area contributed by atoms with Crippen LogP contribution in [0.5, 0.6) is 0 Å². The van der Waals surface area contributed by atoms with E-state index < -0.39 is 6.03 Å². The number of aryl methyl sites for hydroxylation is 1. The number of urea groups is 1. The first-order valence-electron chi connectivity index (χ1n) is 5.70. The Morgan fingerprint density at radius 1 is 1.28 bits per heavy atom. The van der Waals surface area contributed by atoms with Crippen LogP contribution in [-0.4, -0.2) is 28.3 Å². The molecule has 92 valence electrons. The van der Waals surface area contributed by atoms with Crippen LogP contribution < -0.4 is 10.2 Å². The van der Waals surface area contributed by atoms with E-state index in [2.05, 4.69) is 10.4 Å². The summed E-state index contributed by atoms with van der Waals surface area (Å²) in [4.78, 5) is 24.4. The first-order valence-corrected chi connectivity index (χ1v) is 5.70. The number of anilines is 1. The third-order valence-electron chi connectivity index (χ3n) is 3.05. The molecule has 18 heavy (non-hydrogen) atoms. The third-order valence-corrected chi connectivity index (χ3v) is 3.05. The van der Waals surface area contributed by atoms with Crippen LogP contribution in [0.15, 0.2) is 24.3 Å². The van der Waals surface area contributed by atoms with Gasteiger partial charge >= 0.3 is 6.03 Å². The normalized spacial score (nSPS) is 16.2. The fourth-order valence-electron chi connectivity index (χ4n) is 2.16. The maximum absolute atomic E-state index is 11.8. The molecular formula is C12H12N4O2. The monoisotopic (exact) mass is 244 g/mol. The van der Waals surface area contributed by atoms with Crippen LogP contribution in [0.4, 0.5) is 10.6 Å². The lowest BCUT2D eigenvalue weighted by Crippen LogP contribution is -2.49. The molecule has 3 rings (SSSR count). The van der Waals surface area contributed by atoms with E-state index in [9.17, 15) is 9.59 Å². The minimum Gasteiger partial charge on any atom is -0.278 e. The molecule has 2 aromatic rings. The van der Waals surface area contributed by atoms with Gasteiger partial charge in [0.15, 0.2) is 5.82 Å². The number of aromatic nitrogens is 2. The lowest BCUT2D eigenvalue weighted by Gasteiger charge is -2.24. The zero-order chi connectivity index (χ0) is 12.7. The largest absolute Gasteiger partial charge is 0.329 e. The molecule has 1 aromatic heterocycles. The van der Waals surface area contributed by atoms with Crippen molar-refractivity contribution in [2.24, 2.45) is 7.05 Å². The van der Waals surface area contributed by atoms with E-state index >= 15 is 0 Å². The number of benzene rings is 1. The maximum Gasteiger partial charge on any atom is 0.329 e. The molecule has 0 bridgehead atoms. The van der Waals surface area contributed by atoms with E-state index in [1.54, 1.807) is 4.68 Å². The second-order valence-corrected chi connectivity index (χ2v) is 4.22. The van der Waals surface area contributed by atoms with E-state index in [1.807, 2.05) is 31.3 Å². The zero-order valence-corrected chi connectivity index (χ0v) is 9.88. The van der Waals surface area contributed by atoms with Gasteiger partial charge in [0.05, 0.1) is 5.52 Å². The number of nitrogens with zero attached hydrogens (tertiary/aromatic N) is 3. The summed E-state index contributed by atoms with van der Waals surface area (Å²) in [5, 5.41) is 7.57. The highest BCUT2D eigenvalue weighted by Crippen LogP contribution is 2.26. The molecule has 0 spiro atoms. The Hall–Kier alpha value is -2.37. The van der Waals surface area contributed by atoms with E-state index in [1.165, 1.54) is 4.90 Å². The Bertz CT molecular complexity index is 647. The summed E-state index contributed by atoms with van der Waals surface area (Å²) in [5.41, 5.74) is 0.956. The van der Waals surface area contributed by atoms with E-state index in [4.69, 9.17) is 0 Å². The van der Waals surface area contributed by atoms with Crippen molar-refractivity contribution in [1.29, 1.82) is 0 Å². The first kappa shape index (κ1) is 10.8. The number of hydrogen-bond donors (Lipinski definition) is 1. The summed E-state index contributed by atoms with van der Waals surface area (Å²) in [6.07, 6.45) is 0.302. The second kappa shape index (κ2) is 3.83. The van der Waals surface area contributed by atoms with Crippen LogP contribution in [0, 0.1) is 0 Å². The Labute approximate surface area is 103 Å². The van der Waals surface area contributed by atoms with Gasteiger partial charge in [-0.05, 0) is 12.1 Å². The Morgan fingerprint density at radius 3 is 2.83 bits per heavy atom. The molecule has 3 amide bonds. The molecule has 1 saturated heterocycles. The number of amides is 3. The van der Waals surface area contributed by atoms with Gasteiger partial charge in [0, 0.05) is 25.4 Å². The molecule has 1 aliphatic heterocycles. The van der Waals surface area contributed by atoms with Crippen molar-refractivity contribution in [1.82, 2.24) is 15.1 Å². The van der Waals surface area contributed by atoms with Crippen LogP contribution in [0.25, 0.3) is 10.9 Å². The zero-order valence-electron chi connectivity index (χ0n) is 9.88. The van der Waals surface area contributed by atoms with E-state index in [-0.39, 0.29) is 5.91 Å². The lowest BCUT2D eigenvalue weighted by molar-refractivity contribution is -0.120. The Morgan fingerprint density at radius 2 is 2.06 bits per heavy atom. The SMILES string of the molecule is Cn1nc(N2CCC(=O)NC2=O)c2ccccc21. The average molecular weight is 244 g/mol. The van der Waals surface area contributed by atoms with Crippen molar-refractivity contribution in [3.05, 3.63) is 24.3 Å². The topological polar surface area (TPSA) is 67.2 Å². The number of imide groups is 1. The molecule has 0 radical (unpaired) electrons. The van der Waals surface area contributed by atoms with Gasteiger partial charge in [0.2, 0.25) is 5.91 Å². The van der Waals surface area contributed by atoms with Crippen molar-refractivity contribution >= 4 is 28.7 Å². The summed E-state index contributed by atoms with van der Waals surface area (Å²) < 4.78 is 1.73. The number of para-hydroxylation sites is 1. The Balaban J connectivity index is 2.09. The summed E-state index contributed by atoms with van der Waals surface area (Å²) in [6, 6.07) is 7.28. The second-order valence-electron chi connectivity index (χ2n) is 4.22. The minimum absolute atomic E-state index is 0.239. The Kier molecular flexibility index (Phi) is 2.29. The third kappa shape index (κ3) is 1.54. The molecule has 6 heteroatoms. The van der Waals surface area contributed by atoms with Gasteiger partial charge in [-0.3, -0.25) is 19.7 Å². The molecule has 0 aliphatic carbocycles. The smallest absolute Gasteiger partial charge is 0.278 e. The molecule has 1 aliphatic rings. The van der Waals surface area contributed by atoms with Gasteiger partial charge in [-0.2, -0.15) is 5.10 Å². The van der Waals surface area contributed by atoms with Crippen molar-refractivity contribution in [2.75, 3.05) is 11.4 Å². The molecular weight excluding hydrogens is 232 g/mol. The number of hydrogen-bond acceptors (Lipinski definition) is 3. The maximum atomic E-state index is 11.8. The molecule has 1 fully saturated rings. The highest BCUT2D eigenvalue weighted by atomic mass is 16.2. The predicted octanol–water partition coefficient (Wildman–Crippen LogP) is 1.02. The molecule has 2 heterocycles. The van der Waals surface area contributed by atoms with Crippen molar-refractivity contribution in [3.8, 4) is 0 Å². The van der Waals surface area contributed by atoms with Crippen LogP contribution in [0.1, 0.15) is 6.42 Å². The molecule has 1 aromatic carbocycles. The number of carbonyl (C=O) groups excluding carboxylic acids is 2. The van der Waals surface area contributed by atoms with Crippen LogP contribution in [-0.2, 0) is 11.8 Å². The quantitative estimate of drug-likeness (QED) is 0.814. The van der Waals surface area contributed by atoms with Crippen LogP contribution >= 0.6 is 0 Å². The molecule has 1 N–H and O–H groups in total. The van der Waals surface area contributed by atoms with Crippen LogP contribution in [0.2, 0.25) is 0 Å². The molecule has 0 atom stereocenters. The van der Waals surface area contributed by atoms with Crippen molar-refractivity contribution in [2.45, 2.75) is 6.42 Å². The lowest BCUT2D eigenvalue weighted by atomic mass is 10.2. The molecule has 0 unspecified atom stereocenters. The predicted molar refractivity (Wildman–Crippen MR) is 66.2 cm³/mol. The van der Waals surface area contributed by atoms with Gasteiger partial charge in [-0.25, -0.2) is 4.79 Å². The number of nitrogens with one attached hydrogen (secondary N) is 1. The van der Waals surface area contributed by atoms with Gasteiger partial charge in [-0.1, -0.05) is 12.1 Å². The van der Waals surface area contributed by atoms with Crippen molar-refractivity contribution in [3.63, 3.8) is 0 Å². The highest BCUT2D eigenvalue weighted by molar-refractivity contribution is 6.08. The van der Waals surface area contributed by atoms with E-state index in [0.29, 0.717) is 18.8 Å². The summed E-state index contributed by atoms with van der Waals surface area (Å²) >= 11 is 0. The average Bonchev–Trinajstić information content (AvgIpc) is 2.68. The standard InChI is InChI=1S/C12H12N4O2/c1-15-9-5-3-2-4-8(9)11(14-15)16-7-6-10(17)13-12(16)18/h2-5H,6-7H2,1H3,(H,13,17,18). The molecule has 0 saturated carbocycles. The summed E-state index contributed by atoms with van der Waals surface area (Å²) in [5.74, 6) is 0.356. The molecule has 6 nitrogen and oxygen atoms in total. The fraction of sp³-hybridized carbons (Fsp3) is 0.250. The van der Waals surface area contributed by atoms with Crippen LogP contribution in [0.3, 0.4) is 0 Å². The first-order chi connectivity index (χ1) is 8.66. The van der Waals surface area contributed by atoms with Gasteiger partial charge in [-0.15, -0.1) is 0 Å². The number of fused-ring (bicyclic) bond motifs is 1. The number of carbonyl (C=O) groups is 2. The van der Waals surface area contributed by atoms with E-state index in [0.717, 1.165) is 10.9 Å². The summed E-state index contributed by atoms with van der Waals surface area (Å²) in [7, 11) is 1.83. The van der Waals surface area contributed by atoms with Gasteiger partial charge in [0.25, 0.3) is 0 Å². The number of rotatable bonds is 1. The fourth-order valence-corrected chi connectivity index (χ4v) is 2.16. The highest BCUT2D eigenvalue weighted by Gasteiger charge is 2.27.